The lowest BCUT2D eigenvalue weighted by molar-refractivity contribution is 0.192. The molecule has 96 valence electrons. The summed E-state index contributed by atoms with van der Waals surface area (Å²) in [4.78, 5) is 0. The van der Waals surface area contributed by atoms with Crippen molar-refractivity contribution in [1.29, 1.82) is 0 Å². The molecular weight excluding hydrogens is 217 g/mol. The Bertz CT molecular complexity index is 341. The van der Waals surface area contributed by atoms with Gasteiger partial charge in [0.15, 0.2) is 0 Å². The summed E-state index contributed by atoms with van der Waals surface area (Å²) >= 11 is 0. The fourth-order valence-electron chi connectivity index (χ4n) is 1.63. The van der Waals surface area contributed by atoms with Crippen LogP contribution in [-0.2, 0) is 0 Å². The van der Waals surface area contributed by atoms with Crippen molar-refractivity contribution < 1.29 is 9.13 Å². The van der Waals surface area contributed by atoms with Crippen molar-refractivity contribution in [1.82, 2.24) is 5.32 Å². The molecule has 0 aromatic heterocycles. The molecule has 0 saturated carbocycles. The number of benzene rings is 1. The van der Waals surface area contributed by atoms with Crippen molar-refractivity contribution >= 4 is 0 Å². The molecule has 1 rings (SSSR count). The van der Waals surface area contributed by atoms with E-state index < -0.39 is 0 Å². The van der Waals surface area contributed by atoms with Gasteiger partial charge in [-0.2, -0.15) is 0 Å². The van der Waals surface area contributed by atoms with Crippen molar-refractivity contribution in [2.24, 2.45) is 0 Å². The van der Waals surface area contributed by atoms with Gasteiger partial charge in [-0.25, -0.2) is 4.39 Å². The maximum Gasteiger partial charge on any atom is 0.123 e. The average Bonchev–Trinajstić information content (AvgIpc) is 2.31. The summed E-state index contributed by atoms with van der Waals surface area (Å²) in [5, 5.41) is 3.34. The third kappa shape index (κ3) is 4.73. The minimum Gasteiger partial charge on any atom is -0.489 e. The molecule has 0 bridgehead atoms. The predicted octanol–water partition coefficient (Wildman–Crippen LogP) is 3.29. The van der Waals surface area contributed by atoms with Crippen LogP contribution in [0.3, 0.4) is 0 Å². The van der Waals surface area contributed by atoms with Crippen LogP contribution in [0.5, 0.6) is 5.75 Å². The van der Waals surface area contributed by atoms with Gasteiger partial charge >= 0.3 is 0 Å². The van der Waals surface area contributed by atoms with E-state index in [1.54, 1.807) is 6.07 Å². The van der Waals surface area contributed by atoms with Crippen LogP contribution < -0.4 is 10.1 Å². The second kappa shape index (κ2) is 7.28. The van der Waals surface area contributed by atoms with E-state index in [-0.39, 0.29) is 11.9 Å². The summed E-state index contributed by atoms with van der Waals surface area (Å²) in [6, 6.07) is 4.64. The number of halogens is 1. The van der Waals surface area contributed by atoms with E-state index in [0.29, 0.717) is 0 Å². The number of aryl methyl sites for hydroxylation is 1. The summed E-state index contributed by atoms with van der Waals surface area (Å²) in [6.45, 7) is 7.93. The zero-order chi connectivity index (χ0) is 12.7. The Morgan fingerprint density at radius 3 is 2.71 bits per heavy atom. The molecule has 0 aliphatic rings. The third-order valence-electron chi connectivity index (χ3n) is 2.68. The van der Waals surface area contributed by atoms with E-state index in [0.717, 1.165) is 37.2 Å². The van der Waals surface area contributed by atoms with Crippen LogP contribution in [0.2, 0.25) is 0 Å². The maximum absolute atomic E-state index is 12.9. The Hall–Kier alpha value is -1.09. The molecule has 0 aliphatic carbocycles. The minimum atomic E-state index is -0.216. The van der Waals surface area contributed by atoms with Gasteiger partial charge in [0, 0.05) is 6.54 Å². The van der Waals surface area contributed by atoms with Gasteiger partial charge in [0.1, 0.15) is 17.7 Å². The maximum atomic E-state index is 12.9. The van der Waals surface area contributed by atoms with Gasteiger partial charge in [0.25, 0.3) is 0 Å². The van der Waals surface area contributed by atoms with Crippen molar-refractivity contribution in [3.05, 3.63) is 29.6 Å². The van der Waals surface area contributed by atoms with Crippen LogP contribution >= 0.6 is 0 Å². The Labute approximate surface area is 103 Å². The highest BCUT2D eigenvalue weighted by Gasteiger charge is 2.09. The third-order valence-corrected chi connectivity index (χ3v) is 2.68. The van der Waals surface area contributed by atoms with Gasteiger partial charge in [-0.05, 0) is 50.1 Å². The Kier molecular flexibility index (Phi) is 5.98. The van der Waals surface area contributed by atoms with Gasteiger partial charge in [-0.15, -0.1) is 0 Å². The standard InChI is InChI=1S/C14H22FNO/c1-4-8-16-10-13(5-2)17-14-7-6-12(15)9-11(14)3/h6-7,9,13,16H,4-5,8,10H2,1-3H3. The second-order valence-electron chi connectivity index (χ2n) is 4.26. The van der Waals surface area contributed by atoms with Gasteiger partial charge in [0.05, 0.1) is 0 Å². The summed E-state index contributed by atoms with van der Waals surface area (Å²) < 4.78 is 18.8. The number of rotatable bonds is 7. The molecule has 0 fully saturated rings. The van der Waals surface area contributed by atoms with Crippen molar-refractivity contribution in [2.75, 3.05) is 13.1 Å². The van der Waals surface area contributed by atoms with E-state index in [4.69, 9.17) is 4.74 Å². The van der Waals surface area contributed by atoms with E-state index >= 15 is 0 Å². The first-order valence-corrected chi connectivity index (χ1v) is 6.30. The lowest BCUT2D eigenvalue weighted by Gasteiger charge is -2.19. The molecule has 0 amide bonds. The summed E-state index contributed by atoms with van der Waals surface area (Å²) in [6.07, 6.45) is 2.20. The fraction of sp³-hybridized carbons (Fsp3) is 0.571. The van der Waals surface area contributed by atoms with Crippen molar-refractivity contribution in [3.8, 4) is 5.75 Å². The Morgan fingerprint density at radius 2 is 2.12 bits per heavy atom. The summed E-state index contributed by atoms with van der Waals surface area (Å²) in [5.74, 6) is 0.559. The molecule has 1 aromatic carbocycles. The van der Waals surface area contributed by atoms with Gasteiger partial charge in [0.2, 0.25) is 0 Å². The fourth-order valence-corrected chi connectivity index (χ4v) is 1.63. The molecule has 0 radical (unpaired) electrons. The van der Waals surface area contributed by atoms with Crippen molar-refractivity contribution in [3.63, 3.8) is 0 Å². The molecule has 0 aliphatic heterocycles. The number of hydrogen-bond acceptors (Lipinski definition) is 2. The average molecular weight is 239 g/mol. The van der Waals surface area contributed by atoms with Gasteiger partial charge < -0.3 is 10.1 Å². The summed E-state index contributed by atoms with van der Waals surface area (Å²) in [7, 11) is 0. The van der Waals surface area contributed by atoms with Gasteiger partial charge in [-0.3, -0.25) is 0 Å². The zero-order valence-electron chi connectivity index (χ0n) is 10.9. The zero-order valence-corrected chi connectivity index (χ0v) is 10.9. The molecule has 0 spiro atoms. The molecule has 3 heteroatoms. The molecule has 17 heavy (non-hydrogen) atoms. The second-order valence-corrected chi connectivity index (χ2v) is 4.26. The smallest absolute Gasteiger partial charge is 0.123 e. The first-order chi connectivity index (χ1) is 8.17. The Morgan fingerprint density at radius 1 is 1.35 bits per heavy atom. The highest BCUT2D eigenvalue weighted by Crippen LogP contribution is 2.20. The monoisotopic (exact) mass is 239 g/mol. The SMILES string of the molecule is CCCNCC(CC)Oc1ccc(F)cc1C. The van der Waals surface area contributed by atoms with Crippen LogP contribution in [0.15, 0.2) is 18.2 Å². The molecule has 0 saturated heterocycles. The van der Waals surface area contributed by atoms with E-state index in [9.17, 15) is 4.39 Å². The minimum absolute atomic E-state index is 0.144. The number of ether oxygens (including phenoxy) is 1. The molecule has 1 unspecified atom stereocenters. The van der Waals surface area contributed by atoms with Crippen LogP contribution in [0.1, 0.15) is 32.3 Å². The lowest BCUT2D eigenvalue weighted by Crippen LogP contribution is -2.31. The highest BCUT2D eigenvalue weighted by atomic mass is 19.1. The van der Waals surface area contributed by atoms with E-state index in [1.807, 2.05) is 6.92 Å². The topological polar surface area (TPSA) is 21.3 Å². The number of hydrogen-bond donors (Lipinski definition) is 1. The van der Waals surface area contributed by atoms with Gasteiger partial charge in [-0.1, -0.05) is 13.8 Å². The van der Waals surface area contributed by atoms with Crippen LogP contribution in [0.4, 0.5) is 4.39 Å². The first-order valence-electron chi connectivity index (χ1n) is 6.30. The Balaban J connectivity index is 2.54. The number of nitrogens with one attached hydrogen (secondary N) is 1. The normalized spacial score (nSPS) is 12.5. The highest BCUT2D eigenvalue weighted by molar-refractivity contribution is 5.32. The van der Waals surface area contributed by atoms with Crippen LogP contribution in [0.25, 0.3) is 0 Å². The molecule has 1 N–H and O–H groups in total. The van der Waals surface area contributed by atoms with E-state index in [1.165, 1.54) is 12.1 Å². The lowest BCUT2D eigenvalue weighted by atomic mass is 10.2. The molecule has 1 aromatic rings. The van der Waals surface area contributed by atoms with Crippen LogP contribution in [-0.4, -0.2) is 19.2 Å². The molecule has 0 heterocycles. The van der Waals surface area contributed by atoms with Crippen molar-refractivity contribution in [2.45, 2.75) is 39.7 Å². The molecule has 1 atom stereocenters. The molecular formula is C14H22FNO. The van der Waals surface area contributed by atoms with E-state index in [2.05, 4.69) is 19.2 Å². The quantitative estimate of drug-likeness (QED) is 0.737. The first kappa shape index (κ1) is 14.0. The predicted molar refractivity (Wildman–Crippen MR) is 69.0 cm³/mol. The van der Waals surface area contributed by atoms with Crippen LogP contribution in [0, 0.1) is 12.7 Å². The molecule has 2 nitrogen and oxygen atoms in total. The summed E-state index contributed by atoms with van der Waals surface area (Å²) in [5.41, 5.74) is 0.846. The largest absolute Gasteiger partial charge is 0.489 e.